The minimum absolute atomic E-state index is 0.0679. The van der Waals surface area contributed by atoms with Crippen LogP contribution in [0, 0.1) is 0 Å². The van der Waals surface area contributed by atoms with Crippen molar-refractivity contribution >= 4 is 23.3 Å². The Balaban J connectivity index is 2.59. The Labute approximate surface area is 91.3 Å². The number of likely N-dealkylation sites (N-methyl/N-ethyl adjacent to an activating group) is 1. The molecule has 0 unspecified atom stereocenters. The number of anilines is 1. The molecule has 0 atom stereocenters. The maximum atomic E-state index is 11.4. The maximum absolute atomic E-state index is 11.4. The van der Waals surface area contributed by atoms with Crippen molar-refractivity contribution in [2.24, 2.45) is 0 Å². The number of carboxylic acids is 1. The predicted octanol–water partition coefficient (Wildman–Crippen LogP) is 0.473. The molecule has 1 aliphatic heterocycles. The van der Waals surface area contributed by atoms with Crippen molar-refractivity contribution in [3.05, 3.63) is 29.3 Å². The van der Waals surface area contributed by atoms with Crippen molar-refractivity contribution in [1.29, 1.82) is 0 Å². The highest BCUT2D eigenvalue weighted by Crippen LogP contribution is 2.31. The molecule has 1 aliphatic rings. The number of fused-ring (bicyclic) bond motifs is 1. The molecule has 0 spiro atoms. The quantitative estimate of drug-likeness (QED) is 0.579. The van der Waals surface area contributed by atoms with Gasteiger partial charge in [-0.05, 0) is 11.6 Å². The summed E-state index contributed by atoms with van der Waals surface area (Å²) in [5.41, 5.74) is 1.18. The number of nitrogens with zero attached hydrogens (tertiary/aromatic N) is 1. The number of rotatable bonds is 2. The Morgan fingerprint density at radius 1 is 1.38 bits per heavy atom. The molecule has 82 valence electrons. The summed E-state index contributed by atoms with van der Waals surface area (Å²) in [6, 6.07) is 4.72. The second-order valence-corrected chi connectivity index (χ2v) is 3.58. The standard InChI is InChI=1S/C11H9NO4/c1-12-8(13)5-6-3-2-4-7(9(6)12)10(14)11(15)16/h2-4H,5H2,1H3,(H,15,16). The van der Waals surface area contributed by atoms with Gasteiger partial charge in [-0.25, -0.2) is 4.79 Å². The highest BCUT2D eigenvalue weighted by Gasteiger charge is 2.30. The van der Waals surface area contributed by atoms with Gasteiger partial charge < -0.3 is 10.0 Å². The number of carboxylic acid groups (broad SMARTS) is 1. The Morgan fingerprint density at radius 3 is 2.69 bits per heavy atom. The van der Waals surface area contributed by atoms with Crippen LogP contribution in [0.25, 0.3) is 0 Å². The number of hydrogen-bond donors (Lipinski definition) is 1. The molecule has 0 radical (unpaired) electrons. The zero-order valence-electron chi connectivity index (χ0n) is 8.56. The fourth-order valence-electron chi connectivity index (χ4n) is 1.83. The number of Topliss-reactive ketones (excluding diaryl/α,β-unsaturated/α-hetero) is 1. The molecule has 16 heavy (non-hydrogen) atoms. The minimum Gasteiger partial charge on any atom is -0.475 e. The summed E-state index contributed by atoms with van der Waals surface area (Å²) < 4.78 is 0. The smallest absolute Gasteiger partial charge is 0.377 e. The van der Waals surface area contributed by atoms with Gasteiger partial charge in [-0.3, -0.25) is 9.59 Å². The number of amides is 1. The zero-order valence-corrected chi connectivity index (χ0v) is 8.56. The lowest BCUT2D eigenvalue weighted by molar-refractivity contribution is -0.131. The molecule has 0 saturated carbocycles. The molecule has 0 saturated heterocycles. The van der Waals surface area contributed by atoms with Crippen molar-refractivity contribution < 1.29 is 19.5 Å². The highest BCUT2D eigenvalue weighted by molar-refractivity contribution is 6.41. The summed E-state index contributed by atoms with van der Waals surface area (Å²) >= 11 is 0. The fourth-order valence-corrected chi connectivity index (χ4v) is 1.83. The summed E-state index contributed by atoms with van der Waals surface area (Å²) in [4.78, 5) is 34.8. The number of aliphatic carboxylic acids is 1. The predicted molar refractivity (Wildman–Crippen MR) is 55.5 cm³/mol. The first kappa shape index (κ1) is 10.4. The highest BCUT2D eigenvalue weighted by atomic mass is 16.4. The van der Waals surface area contributed by atoms with E-state index in [4.69, 9.17) is 5.11 Å². The molecule has 2 rings (SSSR count). The second-order valence-electron chi connectivity index (χ2n) is 3.58. The molecule has 0 bridgehead atoms. The van der Waals surface area contributed by atoms with Crippen LogP contribution < -0.4 is 4.90 Å². The average Bonchev–Trinajstić information content (AvgIpc) is 2.54. The van der Waals surface area contributed by atoms with Crippen LogP contribution in [0.5, 0.6) is 0 Å². The SMILES string of the molecule is CN1C(=O)Cc2cccc(C(=O)C(=O)O)c21. The van der Waals surface area contributed by atoms with E-state index in [-0.39, 0.29) is 17.9 Å². The molecule has 1 heterocycles. The van der Waals surface area contributed by atoms with Gasteiger partial charge in [0.05, 0.1) is 17.7 Å². The zero-order chi connectivity index (χ0) is 11.9. The average molecular weight is 219 g/mol. The van der Waals surface area contributed by atoms with E-state index in [1.807, 2.05) is 0 Å². The number of carbonyl (C=O) groups excluding carboxylic acids is 2. The number of carbonyl (C=O) groups is 3. The molecule has 5 heteroatoms. The maximum Gasteiger partial charge on any atom is 0.377 e. The van der Waals surface area contributed by atoms with Gasteiger partial charge >= 0.3 is 5.97 Å². The number of ketones is 1. The van der Waals surface area contributed by atoms with Gasteiger partial charge in [-0.15, -0.1) is 0 Å². The summed E-state index contributed by atoms with van der Waals surface area (Å²) in [5, 5.41) is 8.67. The molecule has 1 amide bonds. The Bertz CT molecular complexity index is 507. The lowest BCUT2D eigenvalue weighted by Crippen LogP contribution is -2.23. The molecule has 1 aromatic rings. The van der Waals surface area contributed by atoms with Crippen LogP contribution in [-0.4, -0.2) is 29.8 Å². The van der Waals surface area contributed by atoms with Crippen molar-refractivity contribution in [1.82, 2.24) is 0 Å². The van der Waals surface area contributed by atoms with Crippen molar-refractivity contribution in [3.8, 4) is 0 Å². The summed E-state index contributed by atoms with van der Waals surface area (Å²) in [7, 11) is 1.53. The van der Waals surface area contributed by atoms with E-state index >= 15 is 0 Å². The van der Waals surface area contributed by atoms with Crippen LogP contribution in [0.1, 0.15) is 15.9 Å². The van der Waals surface area contributed by atoms with Crippen LogP contribution in [0.4, 0.5) is 5.69 Å². The Kier molecular flexibility index (Phi) is 2.23. The van der Waals surface area contributed by atoms with Gasteiger partial charge in [0.1, 0.15) is 0 Å². The van der Waals surface area contributed by atoms with Crippen LogP contribution in [0.2, 0.25) is 0 Å². The van der Waals surface area contributed by atoms with E-state index < -0.39 is 11.8 Å². The van der Waals surface area contributed by atoms with E-state index in [0.717, 1.165) is 0 Å². The normalized spacial score (nSPS) is 13.8. The van der Waals surface area contributed by atoms with Crippen molar-refractivity contribution in [3.63, 3.8) is 0 Å². The monoisotopic (exact) mass is 219 g/mol. The largest absolute Gasteiger partial charge is 0.475 e. The molecule has 1 aromatic carbocycles. The first-order chi connectivity index (χ1) is 7.52. The summed E-state index contributed by atoms with van der Waals surface area (Å²) in [6.45, 7) is 0. The summed E-state index contributed by atoms with van der Waals surface area (Å²) in [6.07, 6.45) is 0.215. The third kappa shape index (κ3) is 1.37. The fraction of sp³-hybridized carbons (Fsp3) is 0.182. The Hall–Kier alpha value is -2.17. The lowest BCUT2D eigenvalue weighted by Gasteiger charge is -2.13. The molecular weight excluding hydrogens is 210 g/mol. The van der Waals surface area contributed by atoms with Crippen LogP contribution in [0.15, 0.2) is 18.2 Å². The van der Waals surface area contributed by atoms with Gasteiger partial charge in [-0.2, -0.15) is 0 Å². The van der Waals surface area contributed by atoms with Crippen molar-refractivity contribution in [2.45, 2.75) is 6.42 Å². The number of benzene rings is 1. The van der Waals surface area contributed by atoms with E-state index in [0.29, 0.717) is 11.3 Å². The van der Waals surface area contributed by atoms with E-state index in [1.165, 1.54) is 18.0 Å². The minimum atomic E-state index is -1.51. The van der Waals surface area contributed by atoms with Crippen molar-refractivity contribution in [2.75, 3.05) is 11.9 Å². The van der Waals surface area contributed by atoms with Crippen LogP contribution in [0.3, 0.4) is 0 Å². The first-order valence-corrected chi connectivity index (χ1v) is 4.68. The Morgan fingerprint density at radius 2 is 2.06 bits per heavy atom. The van der Waals surface area contributed by atoms with E-state index in [2.05, 4.69) is 0 Å². The first-order valence-electron chi connectivity index (χ1n) is 4.68. The number of hydrogen-bond acceptors (Lipinski definition) is 3. The van der Waals surface area contributed by atoms with Crippen LogP contribution in [-0.2, 0) is 16.0 Å². The number of para-hydroxylation sites is 1. The van der Waals surface area contributed by atoms with Gasteiger partial charge in [-0.1, -0.05) is 12.1 Å². The molecule has 5 nitrogen and oxygen atoms in total. The van der Waals surface area contributed by atoms with Gasteiger partial charge in [0.15, 0.2) is 0 Å². The molecule has 0 aromatic heterocycles. The summed E-state index contributed by atoms with van der Waals surface area (Å²) in [5.74, 6) is -2.64. The van der Waals surface area contributed by atoms with Gasteiger partial charge in [0.2, 0.25) is 5.91 Å². The molecule has 1 N–H and O–H groups in total. The topological polar surface area (TPSA) is 74.7 Å². The third-order valence-electron chi connectivity index (χ3n) is 2.61. The molecule has 0 fully saturated rings. The van der Waals surface area contributed by atoms with Crippen LogP contribution >= 0.6 is 0 Å². The second kappa shape index (κ2) is 3.44. The molecular formula is C11H9NO4. The van der Waals surface area contributed by atoms with E-state index in [1.54, 1.807) is 12.1 Å². The lowest BCUT2D eigenvalue weighted by atomic mass is 10.0. The third-order valence-corrected chi connectivity index (χ3v) is 2.61. The van der Waals surface area contributed by atoms with E-state index in [9.17, 15) is 14.4 Å². The van der Waals surface area contributed by atoms with Gasteiger partial charge in [0.25, 0.3) is 5.78 Å². The molecule has 0 aliphatic carbocycles. The van der Waals surface area contributed by atoms with Gasteiger partial charge in [0, 0.05) is 7.05 Å².